The maximum Gasteiger partial charge on any atom is 0.253 e. The van der Waals surface area contributed by atoms with Gasteiger partial charge in [-0.2, -0.15) is 0 Å². The van der Waals surface area contributed by atoms with Crippen molar-refractivity contribution in [3.63, 3.8) is 0 Å². The molecule has 2 rings (SSSR count). The van der Waals surface area contributed by atoms with Crippen molar-refractivity contribution in [2.24, 2.45) is 0 Å². The molecule has 0 aliphatic rings. The minimum Gasteiger partial charge on any atom is -0.345 e. The van der Waals surface area contributed by atoms with Gasteiger partial charge in [0.1, 0.15) is 0 Å². The van der Waals surface area contributed by atoms with E-state index in [1.807, 2.05) is 6.07 Å². The van der Waals surface area contributed by atoms with Crippen LogP contribution in [-0.4, -0.2) is 23.2 Å². The number of benzene rings is 1. The molecule has 1 aromatic carbocycles. The van der Waals surface area contributed by atoms with E-state index in [0.29, 0.717) is 11.1 Å². The van der Waals surface area contributed by atoms with Crippen molar-refractivity contribution in [1.82, 2.24) is 10.3 Å². The Morgan fingerprint density at radius 2 is 1.72 bits per heavy atom. The summed E-state index contributed by atoms with van der Waals surface area (Å²) in [7, 11) is 0. The van der Waals surface area contributed by atoms with E-state index in [2.05, 4.69) is 10.3 Å². The Labute approximate surface area is 105 Å². The van der Waals surface area contributed by atoms with Gasteiger partial charge in [0.15, 0.2) is 5.78 Å². The number of nitrogens with one attached hydrogen (secondary N) is 1. The van der Waals surface area contributed by atoms with Crippen LogP contribution in [0.1, 0.15) is 20.7 Å². The highest BCUT2D eigenvalue weighted by molar-refractivity contribution is 6.01. The fraction of sp³-hybridized carbons (Fsp3) is 0.0714. The Morgan fingerprint density at radius 3 is 2.39 bits per heavy atom. The lowest BCUT2D eigenvalue weighted by Gasteiger charge is -2.04. The quantitative estimate of drug-likeness (QED) is 0.827. The Bertz CT molecular complexity index is 487. The maximum atomic E-state index is 11.8. The summed E-state index contributed by atoms with van der Waals surface area (Å²) in [5, 5.41) is 2.57. The number of pyridine rings is 1. The molecule has 0 atom stereocenters. The fourth-order valence-corrected chi connectivity index (χ4v) is 1.49. The molecule has 18 heavy (non-hydrogen) atoms. The van der Waals surface area contributed by atoms with Crippen molar-refractivity contribution in [2.45, 2.75) is 0 Å². The SMILES string of the molecule is O=C(CNC(=O)c1cccnc1)c1ccccc1. The van der Waals surface area contributed by atoms with Gasteiger partial charge in [-0.05, 0) is 12.1 Å². The molecule has 0 radical (unpaired) electrons. The van der Waals surface area contributed by atoms with Crippen LogP contribution in [0.4, 0.5) is 0 Å². The normalized spacial score (nSPS) is 9.78. The zero-order valence-corrected chi connectivity index (χ0v) is 9.67. The number of Topliss-reactive ketones (excluding diaryl/α,β-unsaturated/α-hetero) is 1. The largest absolute Gasteiger partial charge is 0.345 e. The molecule has 1 N–H and O–H groups in total. The minimum atomic E-state index is -0.299. The summed E-state index contributed by atoms with van der Waals surface area (Å²) in [4.78, 5) is 27.3. The molecule has 1 amide bonds. The molecule has 2 aromatic rings. The zero-order valence-electron chi connectivity index (χ0n) is 9.67. The summed E-state index contributed by atoms with van der Waals surface area (Å²) in [5.74, 6) is -0.416. The van der Waals surface area contributed by atoms with Crippen molar-refractivity contribution in [2.75, 3.05) is 6.54 Å². The third-order valence-electron chi connectivity index (χ3n) is 2.43. The standard InChI is InChI=1S/C14H12N2O2/c17-13(11-5-2-1-3-6-11)10-16-14(18)12-7-4-8-15-9-12/h1-9H,10H2,(H,16,18). The molecule has 0 unspecified atom stereocenters. The molecule has 0 saturated heterocycles. The summed E-state index contributed by atoms with van der Waals surface area (Å²) < 4.78 is 0. The van der Waals surface area contributed by atoms with Gasteiger partial charge in [0, 0.05) is 18.0 Å². The molecule has 90 valence electrons. The average Bonchev–Trinajstić information content (AvgIpc) is 2.46. The Kier molecular flexibility index (Phi) is 3.81. The molecule has 0 bridgehead atoms. The van der Waals surface area contributed by atoms with Crippen molar-refractivity contribution < 1.29 is 9.59 Å². The van der Waals surface area contributed by atoms with Crippen LogP contribution in [0.25, 0.3) is 0 Å². The molecular formula is C14H12N2O2. The summed E-state index contributed by atoms with van der Waals surface area (Å²) in [5.41, 5.74) is 1.03. The maximum absolute atomic E-state index is 11.8. The van der Waals surface area contributed by atoms with Gasteiger partial charge >= 0.3 is 0 Å². The molecule has 0 aliphatic carbocycles. The first kappa shape index (κ1) is 12.0. The van der Waals surface area contributed by atoms with E-state index >= 15 is 0 Å². The molecule has 4 nitrogen and oxygen atoms in total. The number of hydrogen-bond donors (Lipinski definition) is 1. The number of rotatable bonds is 4. The second-order valence-corrected chi connectivity index (χ2v) is 3.71. The number of amides is 1. The molecule has 0 fully saturated rings. The number of carbonyl (C=O) groups is 2. The average molecular weight is 240 g/mol. The van der Waals surface area contributed by atoms with Gasteiger partial charge in [-0.3, -0.25) is 14.6 Å². The monoisotopic (exact) mass is 240 g/mol. The fourth-order valence-electron chi connectivity index (χ4n) is 1.49. The number of ketones is 1. The minimum absolute atomic E-state index is 0.0161. The predicted molar refractivity (Wildman–Crippen MR) is 67.3 cm³/mol. The van der Waals surface area contributed by atoms with Crippen LogP contribution < -0.4 is 5.32 Å². The lowest BCUT2D eigenvalue weighted by atomic mass is 10.1. The van der Waals surface area contributed by atoms with Crippen LogP contribution in [0, 0.1) is 0 Å². The second kappa shape index (κ2) is 5.72. The first-order chi connectivity index (χ1) is 8.77. The van der Waals surface area contributed by atoms with E-state index in [1.165, 1.54) is 6.20 Å². The van der Waals surface area contributed by atoms with Crippen LogP contribution in [0.15, 0.2) is 54.9 Å². The van der Waals surface area contributed by atoms with Gasteiger partial charge in [0.05, 0.1) is 12.1 Å². The first-order valence-corrected chi connectivity index (χ1v) is 5.54. The Morgan fingerprint density at radius 1 is 1.00 bits per heavy atom. The summed E-state index contributed by atoms with van der Waals surface area (Å²) in [6, 6.07) is 12.2. The number of carbonyl (C=O) groups excluding carboxylic acids is 2. The second-order valence-electron chi connectivity index (χ2n) is 3.71. The van der Waals surface area contributed by atoms with Gasteiger partial charge < -0.3 is 5.32 Å². The highest BCUT2D eigenvalue weighted by Crippen LogP contribution is 2.00. The van der Waals surface area contributed by atoms with Crippen molar-refractivity contribution in [3.05, 3.63) is 66.0 Å². The highest BCUT2D eigenvalue weighted by Gasteiger charge is 2.09. The van der Waals surface area contributed by atoms with Crippen LogP contribution in [0.5, 0.6) is 0 Å². The molecule has 1 aromatic heterocycles. The van der Waals surface area contributed by atoms with Gasteiger partial charge in [0.2, 0.25) is 0 Å². The van der Waals surface area contributed by atoms with Crippen molar-refractivity contribution >= 4 is 11.7 Å². The molecule has 1 heterocycles. The Hall–Kier alpha value is -2.49. The molecule has 0 saturated carbocycles. The van der Waals surface area contributed by atoms with Gasteiger partial charge in [0.25, 0.3) is 5.91 Å². The molecular weight excluding hydrogens is 228 g/mol. The number of aromatic nitrogens is 1. The van der Waals surface area contributed by atoms with E-state index in [4.69, 9.17) is 0 Å². The third-order valence-corrected chi connectivity index (χ3v) is 2.43. The zero-order chi connectivity index (χ0) is 12.8. The van der Waals surface area contributed by atoms with Crippen molar-refractivity contribution in [1.29, 1.82) is 0 Å². The number of hydrogen-bond acceptors (Lipinski definition) is 3. The smallest absolute Gasteiger partial charge is 0.253 e. The molecule has 0 aliphatic heterocycles. The van der Waals surface area contributed by atoms with E-state index in [9.17, 15) is 9.59 Å². The van der Waals surface area contributed by atoms with Crippen LogP contribution in [-0.2, 0) is 0 Å². The molecule has 0 spiro atoms. The first-order valence-electron chi connectivity index (χ1n) is 5.54. The summed E-state index contributed by atoms with van der Waals surface area (Å²) in [6.07, 6.45) is 3.05. The summed E-state index contributed by atoms with van der Waals surface area (Å²) >= 11 is 0. The molecule has 4 heteroatoms. The van der Waals surface area contributed by atoms with Gasteiger partial charge in [-0.1, -0.05) is 30.3 Å². The lowest BCUT2D eigenvalue weighted by molar-refractivity contribution is 0.0904. The van der Waals surface area contributed by atoms with Crippen LogP contribution >= 0.6 is 0 Å². The van der Waals surface area contributed by atoms with E-state index in [0.717, 1.165) is 0 Å². The predicted octanol–water partition coefficient (Wildman–Crippen LogP) is 1.69. The van der Waals surface area contributed by atoms with E-state index in [1.54, 1.807) is 42.6 Å². The number of nitrogens with zero attached hydrogens (tertiary/aromatic N) is 1. The van der Waals surface area contributed by atoms with Crippen molar-refractivity contribution in [3.8, 4) is 0 Å². The van der Waals surface area contributed by atoms with E-state index < -0.39 is 0 Å². The highest BCUT2D eigenvalue weighted by atomic mass is 16.2. The van der Waals surface area contributed by atoms with Gasteiger partial charge in [-0.15, -0.1) is 0 Å². The van der Waals surface area contributed by atoms with Crippen LogP contribution in [0.2, 0.25) is 0 Å². The Balaban J connectivity index is 1.93. The third kappa shape index (κ3) is 3.01. The van der Waals surface area contributed by atoms with E-state index in [-0.39, 0.29) is 18.2 Å². The van der Waals surface area contributed by atoms with Crippen LogP contribution in [0.3, 0.4) is 0 Å². The van der Waals surface area contributed by atoms with Gasteiger partial charge in [-0.25, -0.2) is 0 Å². The summed E-state index contributed by atoms with van der Waals surface area (Å²) in [6.45, 7) is -0.0161. The lowest BCUT2D eigenvalue weighted by Crippen LogP contribution is -2.29. The topological polar surface area (TPSA) is 59.1 Å².